The molecule has 0 bridgehead atoms. The number of halogens is 2. The molecule has 0 saturated heterocycles. The van der Waals surface area contributed by atoms with Gasteiger partial charge in [-0.3, -0.25) is 9.59 Å². The van der Waals surface area contributed by atoms with Crippen molar-refractivity contribution in [2.24, 2.45) is 4.99 Å². The Labute approximate surface area is 144 Å². The molecule has 2 amide bonds. The van der Waals surface area contributed by atoms with E-state index in [1.807, 2.05) is 0 Å². The second-order valence-electron chi connectivity index (χ2n) is 4.45. The molecule has 2 aromatic heterocycles. The van der Waals surface area contributed by atoms with E-state index in [0.717, 1.165) is 11.3 Å². The maximum atomic E-state index is 12.0. The van der Waals surface area contributed by atoms with Crippen LogP contribution in [0.3, 0.4) is 0 Å². The van der Waals surface area contributed by atoms with Gasteiger partial charge >= 0.3 is 0 Å². The summed E-state index contributed by atoms with van der Waals surface area (Å²) in [5.74, 6) is -1.08. The number of hydrogen-bond acceptors (Lipinski definition) is 6. The molecular formula is C13H8Cl2N4O3S. The summed E-state index contributed by atoms with van der Waals surface area (Å²) < 4.78 is 5.74. The number of aliphatic imine (C=N–C) groups is 1. The Morgan fingerprint density at radius 2 is 2.26 bits per heavy atom. The average molecular weight is 371 g/mol. The summed E-state index contributed by atoms with van der Waals surface area (Å²) in [6.07, 6.45) is 4.65. The van der Waals surface area contributed by atoms with Crippen molar-refractivity contribution in [2.45, 2.75) is 12.5 Å². The van der Waals surface area contributed by atoms with Crippen LogP contribution < -0.4 is 5.32 Å². The molecule has 10 heteroatoms. The molecule has 1 aliphatic heterocycles. The monoisotopic (exact) mass is 370 g/mol. The predicted octanol–water partition coefficient (Wildman–Crippen LogP) is 2.62. The fourth-order valence-corrected chi connectivity index (χ4v) is 3.31. The first-order valence-electron chi connectivity index (χ1n) is 6.35. The van der Waals surface area contributed by atoms with Gasteiger partial charge in [-0.05, 0) is 12.1 Å². The molecule has 1 unspecified atom stereocenters. The van der Waals surface area contributed by atoms with Crippen LogP contribution in [0.2, 0.25) is 8.67 Å². The molecule has 118 valence electrons. The Bertz CT molecular complexity index is 827. The van der Waals surface area contributed by atoms with Gasteiger partial charge in [-0.25, -0.2) is 4.99 Å². The van der Waals surface area contributed by atoms with Crippen LogP contribution in [-0.2, 0) is 11.3 Å². The lowest BCUT2D eigenvalue weighted by Crippen LogP contribution is -2.22. The molecule has 7 nitrogen and oxygen atoms in total. The van der Waals surface area contributed by atoms with Gasteiger partial charge < -0.3 is 9.84 Å². The summed E-state index contributed by atoms with van der Waals surface area (Å²) in [7, 11) is 0. The number of aromatic nitrogens is 2. The highest BCUT2D eigenvalue weighted by atomic mass is 35.5. The number of nitrogens with zero attached hydrogens (tertiary/aromatic N) is 3. The van der Waals surface area contributed by atoms with Crippen LogP contribution in [0, 0.1) is 0 Å². The van der Waals surface area contributed by atoms with Crippen LogP contribution in [0.5, 0.6) is 0 Å². The Hall–Kier alpha value is -2.03. The summed E-state index contributed by atoms with van der Waals surface area (Å²) in [6, 6.07) is 1.48. The number of hydrogen-bond donors (Lipinski definition) is 1. The van der Waals surface area contributed by atoms with Gasteiger partial charge in [0.1, 0.15) is 10.3 Å². The fourth-order valence-electron chi connectivity index (χ4n) is 1.85. The minimum absolute atomic E-state index is 0.00349. The molecule has 3 rings (SSSR count). The molecule has 1 aliphatic rings. The van der Waals surface area contributed by atoms with E-state index in [9.17, 15) is 9.59 Å². The lowest BCUT2D eigenvalue weighted by molar-refractivity contribution is -0.118. The topological polar surface area (TPSA) is 97.5 Å². The van der Waals surface area contributed by atoms with Crippen molar-refractivity contribution >= 4 is 52.6 Å². The lowest BCUT2D eigenvalue weighted by atomic mass is 10.1. The maximum absolute atomic E-state index is 12.0. The quantitative estimate of drug-likeness (QED) is 0.891. The Kier molecular flexibility index (Phi) is 4.56. The van der Waals surface area contributed by atoms with E-state index in [0.29, 0.717) is 8.67 Å². The molecule has 1 atom stereocenters. The van der Waals surface area contributed by atoms with E-state index in [2.05, 4.69) is 20.4 Å². The van der Waals surface area contributed by atoms with Crippen LogP contribution in [0.25, 0.3) is 0 Å². The van der Waals surface area contributed by atoms with Crippen molar-refractivity contribution in [1.29, 1.82) is 0 Å². The van der Waals surface area contributed by atoms with Gasteiger partial charge in [-0.1, -0.05) is 34.4 Å². The van der Waals surface area contributed by atoms with E-state index < -0.39 is 11.8 Å². The third-order valence-electron chi connectivity index (χ3n) is 2.92. The predicted molar refractivity (Wildman–Crippen MR) is 85.2 cm³/mol. The number of nitrogens with one attached hydrogen (secondary N) is 1. The van der Waals surface area contributed by atoms with Crippen LogP contribution in [0.15, 0.2) is 27.7 Å². The van der Waals surface area contributed by atoms with Crippen molar-refractivity contribution < 1.29 is 14.1 Å². The summed E-state index contributed by atoms with van der Waals surface area (Å²) in [4.78, 5) is 31.4. The van der Waals surface area contributed by atoms with E-state index in [1.54, 1.807) is 12.2 Å². The summed E-state index contributed by atoms with van der Waals surface area (Å²) in [6.45, 7) is 0.00349. The van der Waals surface area contributed by atoms with Crippen molar-refractivity contribution in [3.63, 3.8) is 0 Å². The molecule has 0 spiro atoms. The van der Waals surface area contributed by atoms with E-state index in [1.165, 1.54) is 12.3 Å². The minimum Gasteiger partial charge on any atom is -0.343 e. The summed E-state index contributed by atoms with van der Waals surface area (Å²) in [5, 5.41) is 6.33. The minimum atomic E-state index is -0.668. The Morgan fingerprint density at radius 3 is 2.96 bits per heavy atom. The number of thiophene rings is 1. The summed E-state index contributed by atoms with van der Waals surface area (Å²) >= 11 is 12.8. The first kappa shape index (κ1) is 15.9. The normalized spacial score (nSPS) is 16.8. The molecule has 0 fully saturated rings. The molecule has 2 aromatic rings. The van der Waals surface area contributed by atoms with Crippen molar-refractivity contribution in [3.8, 4) is 0 Å². The van der Waals surface area contributed by atoms with Gasteiger partial charge in [0.25, 0.3) is 11.8 Å². The SMILES string of the molecule is O=C(NCc1nc(C2C=CC=NC2=O)no1)c1cc(Cl)sc1Cl. The molecule has 0 aliphatic carbocycles. The fraction of sp³-hybridized carbons (Fsp3) is 0.154. The number of carbonyl (C=O) groups excluding carboxylic acids is 2. The summed E-state index contributed by atoms with van der Waals surface area (Å²) in [5.41, 5.74) is 0.279. The number of carbonyl (C=O) groups is 2. The van der Waals surface area contributed by atoms with Gasteiger partial charge in [0, 0.05) is 6.21 Å². The second-order valence-corrected chi connectivity index (χ2v) is 6.73. The van der Waals surface area contributed by atoms with Gasteiger partial charge in [0.2, 0.25) is 5.89 Å². The average Bonchev–Trinajstić information content (AvgIpc) is 3.12. The molecule has 23 heavy (non-hydrogen) atoms. The van der Waals surface area contributed by atoms with Crippen LogP contribution in [-0.4, -0.2) is 28.2 Å². The van der Waals surface area contributed by atoms with Crippen LogP contribution >= 0.6 is 34.5 Å². The standard InChI is InChI=1S/C13H8Cl2N4O3S/c14-8-4-7(10(15)23-8)13(21)17-5-9-18-11(19-22-9)6-2-1-3-16-12(6)20/h1-4,6H,5H2,(H,17,21). The number of allylic oxidation sites excluding steroid dienone is 1. The molecular weight excluding hydrogens is 363 g/mol. The zero-order chi connectivity index (χ0) is 16.4. The van der Waals surface area contributed by atoms with Crippen LogP contribution in [0.1, 0.15) is 28.0 Å². The number of dihydropyridines is 1. The second kappa shape index (κ2) is 6.61. The Morgan fingerprint density at radius 1 is 1.43 bits per heavy atom. The van der Waals surface area contributed by atoms with E-state index in [-0.39, 0.29) is 29.7 Å². The highest BCUT2D eigenvalue weighted by Crippen LogP contribution is 2.31. The molecule has 0 radical (unpaired) electrons. The number of rotatable bonds is 4. The first-order valence-corrected chi connectivity index (χ1v) is 7.92. The highest BCUT2D eigenvalue weighted by Gasteiger charge is 2.24. The zero-order valence-corrected chi connectivity index (χ0v) is 13.7. The highest BCUT2D eigenvalue weighted by molar-refractivity contribution is 7.20. The lowest BCUT2D eigenvalue weighted by Gasteiger charge is -2.04. The van der Waals surface area contributed by atoms with Gasteiger partial charge in [-0.15, -0.1) is 11.3 Å². The number of amides is 2. The third-order valence-corrected chi connectivity index (χ3v) is 4.41. The van der Waals surface area contributed by atoms with Crippen LogP contribution in [0.4, 0.5) is 0 Å². The third kappa shape index (κ3) is 3.49. The molecule has 3 heterocycles. The smallest absolute Gasteiger partial charge is 0.260 e. The van der Waals surface area contributed by atoms with Gasteiger partial charge in [-0.2, -0.15) is 4.98 Å². The first-order chi connectivity index (χ1) is 11.0. The molecule has 0 saturated carbocycles. The van der Waals surface area contributed by atoms with Gasteiger partial charge in [0.15, 0.2) is 5.82 Å². The molecule has 0 aromatic carbocycles. The van der Waals surface area contributed by atoms with E-state index in [4.69, 9.17) is 27.7 Å². The maximum Gasteiger partial charge on any atom is 0.260 e. The Balaban J connectivity index is 1.64. The van der Waals surface area contributed by atoms with Gasteiger partial charge in [0.05, 0.1) is 16.4 Å². The van der Waals surface area contributed by atoms with Crippen molar-refractivity contribution in [1.82, 2.24) is 15.5 Å². The van der Waals surface area contributed by atoms with E-state index >= 15 is 0 Å². The van der Waals surface area contributed by atoms with Crippen molar-refractivity contribution in [3.05, 3.63) is 44.2 Å². The van der Waals surface area contributed by atoms with Crippen molar-refractivity contribution in [2.75, 3.05) is 0 Å². The zero-order valence-electron chi connectivity index (χ0n) is 11.3. The largest absolute Gasteiger partial charge is 0.343 e. The molecule has 1 N–H and O–H groups in total.